The summed E-state index contributed by atoms with van der Waals surface area (Å²) in [5, 5.41) is 7.22. The van der Waals surface area contributed by atoms with E-state index in [-0.39, 0.29) is 11.7 Å². The van der Waals surface area contributed by atoms with Crippen molar-refractivity contribution in [2.24, 2.45) is 0 Å². The molecule has 104 valence electrons. The summed E-state index contributed by atoms with van der Waals surface area (Å²) in [6.45, 7) is 6.77. The Morgan fingerprint density at radius 2 is 2.11 bits per heavy atom. The second-order valence-corrected chi connectivity index (χ2v) is 5.46. The number of rotatable bonds is 2. The van der Waals surface area contributed by atoms with Gasteiger partial charge in [0.1, 0.15) is 11.4 Å². The second kappa shape index (κ2) is 4.52. The second-order valence-electron chi connectivity index (χ2n) is 5.46. The van der Waals surface area contributed by atoms with Gasteiger partial charge < -0.3 is 14.6 Å². The minimum absolute atomic E-state index is 0.220. The van der Waals surface area contributed by atoms with Gasteiger partial charge in [-0.1, -0.05) is 5.16 Å². The third-order valence-corrected chi connectivity index (χ3v) is 4.09. The van der Waals surface area contributed by atoms with Gasteiger partial charge in [0.25, 0.3) is 0 Å². The minimum atomic E-state index is -0.290. The molecule has 0 saturated carbocycles. The molecular formula is C13H19N3O3. The van der Waals surface area contributed by atoms with Crippen LogP contribution in [0.25, 0.3) is 0 Å². The highest BCUT2D eigenvalue weighted by Crippen LogP contribution is 2.32. The third-order valence-electron chi connectivity index (χ3n) is 4.09. The smallest absolute Gasteiger partial charge is 0.410 e. The zero-order chi connectivity index (χ0) is 13.5. The standard InChI is InChI=1S/C13H19N3O3/c1-9-11(10(2)19-15-9)7-16-8-13(18-12(16)17)3-5-14-6-4-13/h14H,3-8H2,1-2H3. The lowest BCUT2D eigenvalue weighted by molar-refractivity contribution is 0.0316. The number of aryl methyl sites for hydroxylation is 2. The fourth-order valence-electron chi connectivity index (χ4n) is 2.88. The number of nitrogens with zero attached hydrogens (tertiary/aromatic N) is 2. The lowest BCUT2D eigenvalue weighted by Crippen LogP contribution is -2.44. The van der Waals surface area contributed by atoms with Gasteiger partial charge >= 0.3 is 6.09 Å². The molecule has 1 N–H and O–H groups in total. The van der Waals surface area contributed by atoms with Crippen LogP contribution in [0.3, 0.4) is 0 Å². The number of amides is 1. The van der Waals surface area contributed by atoms with Crippen molar-refractivity contribution < 1.29 is 14.1 Å². The van der Waals surface area contributed by atoms with E-state index in [1.54, 1.807) is 4.90 Å². The van der Waals surface area contributed by atoms with E-state index in [0.717, 1.165) is 42.9 Å². The minimum Gasteiger partial charge on any atom is -0.441 e. The topological polar surface area (TPSA) is 67.6 Å². The summed E-state index contributed by atoms with van der Waals surface area (Å²) in [5.74, 6) is 0.775. The van der Waals surface area contributed by atoms with Crippen molar-refractivity contribution in [2.75, 3.05) is 19.6 Å². The van der Waals surface area contributed by atoms with Crippen molar-refractivity contribution in [2.45, 2.75) is 38.8 Å². The van der Waals surface area contributed by atoms with E-state index >= 15 is 0 Å². The molecule has 6 nitrogen and oxygen atoms in total. The summed E-state index contributed by atoms with van der Waals surface area (Å²) in [4.78, 5) is 13.8. The van der Waals surface area contributed by atoms with Crippen LogP contribution in [-0.2, 0) is 11.3 Å². The Morgan fingerprint density at radius 3 is 2.74 bits per heavy atom. The predicted molar refractivity (Wildman–Crippen MR) is 67.7 cm³/mol. The largest absolute Gasteiger partial charge is 0.441 e. The molecule has 0 atom stereocenters. The van der Waals surface area contributed by atoms with Gasteiger partial charge in [0, 0.05) is 18.4 Å². The van der Waals surface area contributed by atoms with Crippen molar-refractivity contribution in [1.82, 2.24) is 15.4 Å². The molecule has 2 saturated heterocycles. The molecular weight excluding hydrogens is 246 g/mol. The Kier molecular flexibility index (Phi) is 2.97. The van der Waals surface area contributed by atoms with E-state index in [1.807, 2.05) is 13.8 Å². The quantitative estimate of drug-likeness (QED) is 0.874. The van der Waals surface area contributed by atoms with E-state index in [0.29, 0.717) is 13.1 Å². The molecule has 0 unspecified atom stereocenters. The van der Waals surface area contributed by atoms with Crippen molar-refractivity contribution in [1.29, 1.82) is 0 Å². The van der Waals surface area contributed by atoms with Gasteiger partial charge in [-0.05, 0) is 26.9 Å². The highest BCUT2D eigenvalue weighted by atomic mass is 16.6. The van der Waals surface area contributed by atoms with Crippen LogP contribution < -0.4 is 5.32 Å². The highest BCUT2D eigenvalue weighted by Gasteiger charge is 2.45. The van der Waals surface area contributed by atoms with E-state index in [9.17, 15) is 4.79 Å². The number of hydrogen-bond donors (Lipinski definition) is 1. The van der Waals surface area contributed by atoms with E-state index in [1.165, 1.54) is 0 Å². The maximum Gasteiger partial charge on any atom is 0.410 e. The molecule has 3 heterocycles. The number of nitrogens with one attached hydrogen (secondary N) is 1. The summed E-state index contributed by atoms with van der Waals surface area (Å²) in [6.07, 6.45) is 1.55. The SMILES string of the molecule is Cc1noc(C)c1CN1CC2(CCNCC2)OC1=O. The van der Waals surface area contributed by atoms with Crippen LogP contribution >= 0.6 is 0 Å². The molecule has 1 aromatic heterocycles. The molecule has 2 aliphatic heterocycles. The normalized spacial score (nSPS) is 22.0. The highest BCUT2D eigenvalue weighted by molar-refractivity contribution is 5.70. The summed E-state index contributed by atoms with van der Waals surface area (Å²) in [5.41, 5.74) is 1.54. The fourth-order valence-corrected chi connectivity index (χ4v) is 2.88. The van der Waals surface area contributed by atoms with Crippen molar-refractivity contribution >= 4 is 6.09 Å². The van der Waals surface area contributed by atoms with Gasteiger partial charge in [0.15, 0.2) is 0 Å². The molecule has 1 aromatic rings. The lowest BCUT2D eigenvalue weighted by atomic mass is 9.92. The van der Waals surface area contributed by atoms with Gasteiger partial charge in [-0.3, -0.25) is 4.90 Å². The molecule has 1 amide bonds. The number of aromatic nitrogens is 1. The first-order valence-corrected chi connectivity index (χ1v) is 6.70. The number of ether oxygens (including phenoxy) is 1. The van der Waals surface area contributed by atoms with Gasteiger partial charge in [0.05, 0.1) is 18.8 Å². The van der Waals surface area contributed by atoms with Gasteiger partial charge in [0.2, 0.25) is 0 Å². The van der Waals surface area contributed by atoms with Crippen LogP contribution in [0.5, 0.6) is 0 Å². The predicted octanol–water partition coefficient (Wildman–Crippen LogP) is 1.37. The molecule has 6 heteroatoms. The molecule has 2 fully saturated rings. The van der Waals surface area contributed by atoms with Crippen LogP contribution in [0.15, 0.2) is 4.52 Å². The number of hydrogen-bond acceptors (Lipinski definition) is 5. The summed E-state index contributed by atoms with van der Waals surface area (Å²) in [6, 6.07) is 0. The molecule has 0 radical (unpaired) electrons. The molecule has 0 bridgehead atoms. The molecule has 0 aliphatic carbocycles. The summed E-state index contributed by atoms with van der Waals surface area (Å²) in [7, 11) is 0. The molecule has 0 aromatic carbocycles. The molecule has 19 heavy (non-hydrogen) atoms. The maximum absolute atomic E-state index is 12.0. The molecule has 1 spiro atoms. The van der Waals surface area contributed by atoms with Crippen molar-refractivity contribution in [3.05, 3.63) is 17.0 Å². The number of piperidine rings is 1. The van der Waals surface area contributed by atoms with Crippen LogP contribution in [0, 0.1) is 13.8 Å². The molecule has 2 aliphatic rings. The van der Waals surface area contributed by atoms with E-state index in [2.05, 4.69) is 10.5 Å². The van der Waals surface area contributed by atoms with Crippen molar-refractivity contribution in [3.63, 3.8) is 0 Å². The van der Waals surface area contributed by atoms with Gasteiger partial charge in [-0.2, -0.15) is 0 Å². The van der Waals surface area contributed by atoms with E-state index < -0.39 is 0 Å². The first kappa shape index (κ1) is 12.5. The average Bonchev–Trinajstić information content (AvgIpc) is 2.85. The summed E-state index contributed by atoms with van der Waals surface area (Å²) >= 11 is 0. The number of carbonyl (C=O) groups excluding carboxylic acids is 1. The van der Waals surface area contributed by atoms with Gasteiger partial charge in [-0.25, -0.2) is 4.79 Å². The Bertz CT molecular complexity index is 472. The Balaban J connectivity index is 1.74. The van der Waals surface area contributed by atoms with Crippen LogP contribution in [0.1, 0.15) is 29.9 Å². The third kappa shape index (κ3) is 2.20. The summed E-state index contributed by atoms with van der Waals surface area (Å²) < 4.78 is 10.8. The zero-order valence-electron chi connectivity index (χ0n) is 11.4. The fraction of sp³-hybridized carbons (Fsp3) is 0.692. The average molecular weight is 265 g/mol. The Labute approximate surface area is 112 Å². The monoisotopic (exact) mass is 265 g/mol. The van der Waals surface area contributed by atoms with Crippen LogP contribution in [0.2, 0.25) is 0 Å². The van der Waals surface area contributed by atoms with Crippen LogP contribution in [-0.4, -0.2) is 41.4 Å². The van der Waals surface area contributed by atoms with Gasteiger partial charge in [-0.15, -0.1) is 0 Å². The first-order valence-electron chi connectivity index (χ1n) is 6.70. The first-order chi connectivity index (χ1) is 9.10. The number of carbonyl (C=O) groups is 1. The Hall–Kier alpha value is -1.56. The van der Waals surface area contributed by atoms with Crippen molar-refractivity contribution in [3.8, 4) is 0 Å². The maximum atomic E-state index is 12.0. The molecule has 3 rings (SSSR count). The van der Waals surface area contributed by atoms with E-state index in [4.69, 9.17) is 9.26 Å². The lowest BCUT2D eigenvalue weighted by Gasteiger charge is -2.31. The Morgan fingerprint density at radius 1 is 1.37 bits per heavy atom. The zero-order valence-corrected chi connectivity index (χ0v) is 11.4. The van der Waals surface area contributed by atoms with Crippen LogP contribution in [0.4, 0.5) is 4.79 Å².